The first-order valence-corrected chi connectivity index (χ1v) is 6.77. The van der Waals surface area contributed by atoms with Crippen LogP contribution in [-0.4, -0.2) is 18.3 Å². The molecular weight excluding hydrogens is 228 g/mol. The average Bonchev–Trinajstić information content (AvgIpc) is 2.39. The molecule has 0 radical (unpaired) electrons. The van der Waals surface area contributed by atoms with E-state index in [4.69, 9.17) is 9.47 Å². The van der Waals surface area contributed by atoms with Crippen molar-refractivity contribution in [3.8, 4) is 11.5 Å². The van der Waals surface area contributed by atoms with Crippen molar-refractivity contribution in [3.05, 3.63) is 23.8 Å². The lowest BCUT2D eigenvalue weighted by atomic mass is 9.96. The van der Waals surface area contributed by atoms with Gasteiger partial charge in [-0.25, -0.2) is 0 Å². The Balaban J connectivity index is 2.04. The van der Waals surface area contributed by atoms with Gasteiger partial charge in [-0.3, -0.25) is 0 Å². The van der Waals surface area contributed by atoms with Crippen molar-refractivity contribution < 1.29 is 14.6 Å². The third kappa shape index (κ3) is 2.96. The fraction of sp³-hybridized carbons (Fsp3) is 0.600. The summed E-state index contributed by atoms with van der Waals surface area (Å²) in [5.74, 6) is 1.57. The van der Waals surface area contributed by atoms with Crippen molar-refractivity contribution >= 4 is 0 Å². The van der Waals surface area contributed by atoms with E-state index in [0.29, 0.717) is 6.42 Å². The summed E-state index contributed by atoms with van der Waals surface area (Å²) in [5.41, 5.74) is 0.848. The van der Waals surface area contributed by atoms with E-state index in [1.165, 1.54) is 19.3 Å². The monoisotopic (exact) mass is 250 g/mol. The first-order chi connectivity index (χ1) is 8.74. The molecule has 0 saturated carbocycles. The number of methoxy groups -OCH3 is 1. The minimum absolute atomic E-state index is 0.146. The molecule has 2 rings (SSSR count). The Morgan fingerprint density at radius 2 is 2.22 bits per heavy atom. The van der Waals surface area contributed by atoms with Gasteiger partial charge in [-0.05, 0) is 31.0 Å². The normalized spacial score (nSPS) is 22.2. The van der Waals surface area contributed by atoms with Gasteiger partial charge in [-0.15, -0.1) is 0 Å². The Labute approximate surface area is 109 Å². The van der Waals surface area contributed by atoms with Crippen molar-refractivity contribution in [1.82, 2.24) is 0 Å². The molecule has 1 aliphatic heterocycles. The van der Waals surface area contributed by atoms with Gasteiger partial charge in [0.25, 0.3) is 0 Å². The van der Waals surface area contributed by atoms with Crippen LogP contribution in [-0.2, 0) is 0 Å². The second-order valence-electron chi connectivity index (χ2n) is 4.89. The van der Waals surface area contributed by atoms with Crippen molar-refractivity contribution in [1.29, 1.82) is 0 Å². The third-order valence-corrected chi connectivity index (χ3v) is 3.49. The highest BCUT2D eigenvalue weighted by atomic mass is 16.5. The molecule has 3 heteroatoms. The lowest BCUT2D eigenvalue weighted by Gasteiger charge is -2.30. The van der Waals surface area contributed by atoms with Crippen LogP contribution < -0.4 is 9.47 Å². The number of aliphatic hydroxyl groups excluding tert-OH is 1. The minimum atomic E-state index is -0.435. The molecule has 0 amide bonds. The molecule has 1 unspecified atom stereocenters. The van der Waals surface area contributed by atoms with E-state index in [0.717, 1.165) is 23.5 Å². The Morgan fingerprint density at radius 3 is 2.94 bits per heavy atom. The van der Waals surface area contributed by atoms with Crippen LogP contribution in [0.1, 0.15) is 50.7 Å². The SMILES string of the molecule is CCCCCC1C[C@H](O)c2cc(OC)ccc2O1. The lowest BCUT2D eigenvalue weighted by Crippen LogP contribution is -2.25. The van der Waals surface area contributed by atoms with E-state index in [9.17, 15) is 5.11 Å². The number of rotatable bonds is 5. The molecule has 2 atom stereocenters. The van der Waals surface area contributed by atoms with Crippen molar-refractivity contribution in [2.75, 3.05) is 7.11 Å². The summed E-state index contributed by atoms with van der Waals surface area (Å²) in [7, 11) is 1.63. The van der Waals surface area contributed by atoms with Gasteiger partial charge in [0.2, 0.25) is 0 Å². The molecule has 1 heterocycles. The molecule has 0 fully saturated rings. The number of benzene rings is 1. The highest BCUT2D eigenvalue weighted by molar-refractivity contribution is 5.43. The first kappa shape index (κ1) is 13.2. The fourth-order valence-electron chi connectivity index (χ4n) is 2.42. The van der Waals surface area contributed by atoms with Gasteiger partial charge in [0, 0.05) is 12.0 Å². The van der Waals surface area contributed by atoms with Gasteiger partial charge in [-0.1, -0.05) is 19.8 Å². The standard InChI is InChI=1S/C15H22O3/c1-3-4-5-6-12-10-14(16)13-9-11(17-2)7-8-15(13)18-12/h7-9,12,14,16H,3-6,10H2,1-2H3/t12?,14-/m0/s1. The molecule has 3 nitrogen and oxygen atoms in total. The summed E-state index contributed by atoms with van der Waals surface area (Å²) >= 11 is 0. The van der Waals surface area contributed by atoms with Gasteiger partial charge >= 0.3 is 0 Å². The van der Waals surface area contributed by atoms with E-state index in [1.807, 2.05) is 18.2 Å². The van der Waals surface area contributed by atoms with Gasteiger partial charge in [0.1, 0.15) is 17.6 Å². The maximum atomic E-state index is 10.2. The second kappa shape index (κ2) is 6.10. The number of hydrogen-bond donors (Lipinski definition) is 1. The summed E-state index contributed by atoms with van der Waals surface area (Å²) in [5, 5.41) is 10.2. The quantitative estimate of drug-likeness (QED) is 0.813. The summed E-state index contributed by atoms with van der Waals surface area (Å²) in [6.07, 6.45) is 5.02. The van der Waals surface area contributed by atoms with Crippen LogP contribution in [0.5, 0.6) is 11.5 Å². The van der Waals surface area contributed by atoms with E-state index in [2.05, 4.69) is 6.92 Å². The van der Waals surface area contributed by atoms with E-state index in [1.54, 1.807) is 7.11 Å². The predicted octanol–water partition coefficient (Wildman–Crippen LogP) is 3.46. The summed E-state index contributed by atoms with van der Waals surface area (Å²) in [6, 6.07) is 5.63. The number of aliphatic hydroxyl groups is 1. The zero-order valence-electron chi connectivity index (χ0n) is 11.2. The van der Waals surface area contributed by atoms with Gasteiger partial charge in [-0.2, -0.15) is 0 Å². The van der Waals surface area contributed by atoms with Crippen LogP contribution in [0.25, 0.3) is 0 Å². The van der Waals surface area contributed by atoms with Crippen LogP contribution in [0.2, 0.25) is 0 Å². The summed E-state index contributed by atoms with van der Waals surface area (Å²) < 4.78 is 11.1. The van der Waals surface area contributed by atoms with E-state index < -0.39 is 6.10 Å². The number of fused-ring (bicyclic) bond motifs is 1. The number of unbranched alkanes of at least 4 members (excludes halogenated alkanes) is 2. The van der Waals surface area contributed by atoms with Gasteiger partial charge in [0.15, 0.2) is 0 Å². The maximum Gasteiger partial charge on any atom is 0.125 e. The summed E-state index contributed by atoms with van der Waals surface area (Å²) in [6.45, 7) is 2.19. The number of hydrogen-bond acceptors (Lipinski definition) is 3. The largest absolute Gasteiger partial charge is 0.497 e. The van der Waals surface area contributed by atoms with Crippen LogP contribution in [0, 0.1) is 0 Å². The Morgan fingerprint density at radius 1 is 1.39 bits per heavy atom. The average molecular weight is 250 g/mol. The first-order valence-electron chi connectivity index (χ1n) is 6.77. The van der Waals surface area contributed by atoms with Crippen molar-refractivity contribution in [2.45, 2.75) is 51.2 Å². The molecule has 0 aromatic heterocycles. The Hall–Kier alpha value is -1.22. The molecule has 1 aromatic carbocycles. The topological polar surface area (TPSA) is 38.7 Å². The molecule has 0 spiro atoms. The molecule has 1 aliphatic rings. The molecular formula is C15H22O3. The molecule has 0 aliphatic carbocycles. The molecule has 0 bridgehead atoms. The third-order valence-electron chi connectivity index (χ3n) is 3.49. The molecule has 100 valence electrons. The van der Waals surface area contributed by atoms with Gasteiger partial charge in [0.05, 0.1) is 13.2 Å². The van der Waals surface area contributed by atoms with Crippen LogP contribution in [0.4, 0.5) is 0 Å². The van der Waals surface area contributed by atoms with Crippen molar-refractivity contribution in [2.24, 2.45) is 0 Å². The Bertz CT molecular complexity index is 389. The van der Waals surface area contributed by atoms with Crippen LogP contribution >= 0.6 is 0 Å². The van der Waals surface area contributed by atoms with Crippen LogP contribution in [0.3, 0.4) is 0 Å². The predicted molar refractivity (Wildman–Crippen MR) is 71.1 cm³/mol. The molecule has 18 heavy (non-hydrogen) atoms. The van der Waals surface area contributed by atoms with E-state index in [-0.39, 0.29) is 6.10 Å². The smallest absolute Gasteiger partial charge is 0.125 e. The molecule has 0 saturated heterocycles. The number of ether oxygens (including phenoxy) is 2. The molecule has 1 N–H and O–H groups in total. The summed E-state index contributed by atoms with van der Waals surface area (Å²) in [4.78, 5) is 0. The zero-order valence-corrected chi connectivity index (χ0v) is 11.2. The second-order valence-corrected chi connectivity index (χ2v) is 4.89. The van der Waals surface area contributed by atoms with Gasteiger partial charge < -0.3 is 14.6 Å². The van der Waals surface area contributed by atoms with Crippen LogP contribution in [0.15, 0.2) is 18.2 Å². The maximum absolute atomic E-state index is 10.2. The minimum Gasteiger partial charge on any atom is -0.497 e. The Kier molecular flexibility index (Phi) is 4.48. The van der Waals surface area contributed by atoms with E-state index >= 15 is 0 Å². The van der Waals surface area contributed by atoms with Crippen molar-refractivity contribution in [3.63, 3.8) is 0 Å². The highest BCUT2D eigenvalue weighted by Crippen LogP contribution is 2.38. The fourth-order valence-corrected chi connectivity index (χ4v) is 2.42. The zero-order chi connectivity index (χ0) is 13.0. The highest BCUT2D eigenvalue weighted by Gasteiger charge is 2.26. The molecule has 1 aromatic rings. The lowest BCUT2D eigenvalue weighted by molar-refractivity contribution is 0.0603.